The van der Waals surface area contributed by atoms with Gasteiger partial charge in [0.2, 0.25) is 5.91 Å². The van der Waals surface area contributed by atoms with Crippen LogP contribution in [-0.4, -0.2) is 34.8 Å². The van der Waals surface area contributed by atoms with E-state index in [1.807, 2.05) is 48.5 Å². The summed E-state index contributed by atoms with van der Waals surface area (Å²) in [5.41, 5.74) is 0.411. The van der Waals surface area contributed by atoms with E-state index >= 15 is 0 Å². The van der Waals surface area contributed by atoms with E-state index in [1.54, 1.807) is 30.2 Å². The fourth-order valence-corrected chi connectivity index (χ4v) is 3.86. The van der Waals surface area contributed by atoms with Gasteiger partial charge in [0.1, 0.15) is 0 Å². The van der Waals surface area contributed by atoms with Gasteiger partial charge in [0, 0.05) is 44.4 Å². The van der Waals surface area contributed by atoms with Gasteiger partial charge in [0.25, 0.3) is 0 Å². The summed E-state index contributed by atoms with van der Waals surface area (Å²) >= 11 is 0. The number of ether oxygens (including phenoxy) is 1. The highest BCUT2D eigenvalue weighted by Gasteiger charge is 2.43. The lowest BCUT2D eigenvalue weighted by Crippen LogP contribution is -2.47. The van der Waals surface area contributed by atoms with Gasteiger partial charge in [-0.3, -0.25) is 9.78 Å². The Bertz CT molecular complexity index is 1000. The maximum atomic E-state index is 12.9. The van der Waals surface area contributed by atoms with Gasteiger partial charge >= 0.3 is 5.97 Å². The Kier molecular flexibility index (Phi) is 4.82. The van der Waals surface area contributed by atoms with Gasteiger partial charge in [-0.15, -0.1) is 0 Å². The summed E-state index contributed by atoms with van der Waals surface area (Å²) in [5, 5.41) is 2.03. The summed E-state index contributed by atoms with van der Waals surface area (Å²) in [6, 6.07) is 18.9. The second kappa shape index (κ2) is 7.43. The highest BCUT2D eigenvalue weighted by atomic mass is 16.6. The number of piperidine rings is 1. The summed E-state index contributed by atoms with van der Waals surface area (Å²) in [5.74, 6) is -0.333. The Morgan fingerprint density at radius 3 is 2.36 bits per heavy atom. The minimum atomic E-state index is -0.861. The van der Waals surface area contributed by atoms with Crippen molar-refractivity contribution in [1.29, 1.82) is 0 Å². The van der Waals surface area contributed by atoms with Crippen LogP contribution in [0.25, 0.3) is 10.8 Å². The van der Waals surface area contributed by atoms with Crippen LogP contribution in [0.2, 0.25) is 0 Å². The zero-order chi connectivity index (χ0) is 19.6. The maximum absolute atomic E-state index is 12.9. The number of carbonyl (C=O) groups excluding carboxylic acids is 2. The number of benzene rings is 2. The van der Waals surface area contributed by atoms with Crippen molar-refractivity contribution >= 4 is 22.6 Å². The minimum absolute atomic E-state index is 0.0360. The van der Waals surface area contributed by atoms with Crippen molar-refractivity contribution in [3.8, 4) is 0 Å². The van der Waals surface area contributed by atoms with Crippen LogP contribution in [0.15, 0.2) is 66.9 Å². The number of rotatable bonds is 3. The Hall–Kier alpha value is -3.21. The van der Waals surface area contributed by atoms with Crippen LogP contribution in [0.3, 0.4) is 0 Å². The monoisotopic (exact) mass is 374 g/mol. The van der Waals surface area contributed by atoms with Gasteiger partial charge in [-0.05, 0) is 23.6 Å². The van der Waals surface area contributed by atoms with E-state index in [0.29, 0.717) is 31.5 Å². The number of esters is 1. The second-order valence-corrected chi connectivity index (χ2v) is 7.14. The summed E-state index contributed by atoms with van der Waals surface area (Å²) in [6.07, 6.45) is 2.80. The first-order valence-electron chi connectivity index (χ1n) is 9.47. The van der Waals surface area contributed by atoms with Crippen LogP contribution >= 0.6 is 0 Å². The highest BCUT2D eigenvalue weighted by Crippen LogP contribution is 2.39. The first-order valence-corrected chi connectivity index (χ1v) is 9.47. The van der Waals surface area contributed by atoms with Crippen molar-refractivity contribution in [2.75, 3.05) is 13.1 Å². The molecule has 0 atom stereocenters. The zero-order valence-corrected chi connectivity index (χ0v) is 15.8. The van der Waals surface area contributed by atoms with E-state index in [2.05, 4.69) is 4.98 Å². The molecule has 0 radical (unpaired) electrons. The molecule has 1 aliphatic heterocycles. The van der Waals surface area contributed by atoms with E-state index in [4.69, 9.17) is 4.74 Å². The van der Waals surface area contributed by atoms with Crippen LogP contribution in [0.5, 0.6) is 0 Å². The molecule has 1 saturated heterocycles. The minimum Gasteiger partial charge on any atom is -0.449 e. The number of carbonyl (C=O) groups is 2. The molecule has 0 aliphatic carbocycles. The Balaban J connectivity index is 1.76. The molecule has 2 heterocycles. The average Bonchev–Trinajstić information content (AvgIpc) is 2.74. The fraction of sp³-hybridized carbons (Fsp3) is 0.261. The molecule has 0 bridgehead atoms. The van der Waals surface area contributed by atoms with Crippen molar-refractivity contribution in [3.63, 3.8) is 0 Å². The van der Waals surface area contributed by atoms with E-state index in [-0.39, 0.29) is 11.9 Å². The lowest BCUT2D eigenvalue weighted by molar-refractivity contribution is -0.133. The zero-order valence-electron chi connectivity index (χ0n) is 15.8. The second-order valence-electron chi connectivity index (χ2n) is 7.14. The molecule has 1 aromatic heterocycles. The van der Waals surface area contributed by atoms with Crippen molar-refractivity contribution in [2.24, 2.45) is 0 Å². The van der Waals surface area contributed by atoms with Crippen molar-refractivity contribution in [2.45, 2.75) is 25.4 Å². The molecule has 28 heavy (non-hydrogen) atoms. The topological polar surface area (TPSA) is 59.5 Å². The molecule has 1 fully saturated rings. The molecule has 0 spiro atoms. The standard InChI is InChI=1S/C23H22N2O3/c1-17(26)25-15-12-23(13-16-25,28-22(27)19-8-3-2-4-9-19)21-20-10-6-5-7-18(20)11-14-24-21/h2-11,14H,12-13,15-16H2,1H3. The predicted octanol–water partition coefficient (Wildman–Crippen LogP) is 3.93. The van der Waals surface area contributed by atoms with Crippen LogP contribution in [0.1, 0.15) is 35.8 Å². The predicted molar refractivity (Wildman–Crippen MR) is 107 cm³/mol. The van der Waals surface area contributed by atoms with Gasteiger partial charge in [-0.2, -0.15) is 0 Å². The molecule has 142 valence electrons. The summed E-state index contributed by atoms with van der Waals surface area (Å²) in [6.45, 7) is 2.63. The molecule has 4 rings (SSSR count). The lowest BCUT2D eigenvalue weighted by atomic mass is 9.85. The third-order valence-electron chi connectivity index (χ3n) is 5.42. The van der Waals surface area contributed by atoms with Gasteiger partial charge in [0.15, 0.2) is 5.60 Å². The van der Waals surface area contributed by atoms with Crippen LogP contribution in [0, 0.1) is 0 Å². The molecule has 0 unspecified atom stereocenters. The lowest BCUT2D eigenvalue weighted by Gasteiger charge is -2.41. The first-order chi connectivity index (χ1) is 13.6. The molecule has 1 amide bonds. The normalized spacial score (nSPS) is 16.0. The third kappa shape index (κ3) is 3.36. The number of aromatic nitrogens is 1. The van der Waals surface area contributed by atoms with E-state index in [0.717, 1.165) is 16.5 Å². The number of hydrogen-bond donors (Lipinski definition) is 0. The summed E-state index contributed by atoms with van der Waals surface area (Å²) < 4.78 is 6.15. The third-order valence-corrected chi connectivity index (χ3v) is 5.42. The van der Waals surface area contributed by atoms with Crippen molar-refractivity contribution < 1.29 is 14.3 Å². The molecule has 1 aliphatic rings. The Labute approximate surface area is 163 Å². The smallest absolute Gasteiger partial charge is 0.339 e. The maximum Gasteiger partial charge on any atom is 0.339 e. The average molecular weight is 374 g/mol. The molecular formula is C23H22N2O3. The summed E-state index contributed by atoms with van der Waals surface area (Å²) in [4.78, 5) is 31.1. The Morgan fingerprint density at radius 2 is 1.64 bits per heavy atom. The molecule has 2 aromatic carbocycles. The first kappa shape index (κ1) is 18.2. The van der Waals surface area contributed by atoms with E-state index in [9.17, 15) is 9.59 Å². The van der Waals surface area contributed by atoms with Crippen molar-refractivity contribution in [1.82, 2.24) is 9.88 Å². The molecular weight excluding hydrogens is 352 g/mol. The summed E-state index contributed by atoms with van der Waals surface area (Å²) in [7, 11) is 0. The van der Waals surface area contributed by atoms with E-state index < -0.39 is 5.60 Å². The number of pyridine rings is 1. The number of amides is 1. The molecule has 5 nitrogen and oxygen atoms in total. The van der Waals surface area contributed by atoms with Gasteiger partial charge < -0.3 is 9.64 Å². The number of likely N-dealkylation sites (tertiary alicyclic amines) is 1. The van der Waals surface area contributed by atoms with Gasteiger partial charge in [-0.1, -0.05) is 42.5 Å². The Morgan fingerprint density at radius 1 is 0.964 bits per heavy atom. The van der Waals surface area contributed by atoms with Crippen LogP contribution < -0.4 is 0 Å². The van der Waals surface area contributed by atoms with Gasteiger partial charge in [-0.25, -0.2) is 4.79 Å². The number of hydrogen-bond acceptors (Lipinski definition) is 4. The number of fused-ring (bicyclic) bond motifs is 1. The van der Waals surface area contributed by atoms with Gasteiger partial charge in [0.05, 0.1) is 11.3 Å². The van der Waals surface area contributed by atoms with Crippen LogP contribution in [0.4, 0.5) is 0 Å². The molecule has 3 aromatic rings. The highest BCUT2D eigenvalue weighted by molar-refractivity contribution is 5.90. The van der Waals surface area contributed by atoms with Crippen molar-refractivity contribution in [3.05, 3.63) is 78.1 Å². The fourth-order valence-electron chi connectivity index (χ4n) is 3.86. The quantitative estimate of drug-likeness (QED) is 0.652. The molecule has 0 N–H and O–H groups in total. The van der Waals surface area contributed by atoms with E-state index in [1.165, 1.54) is 0 Å². The largest absolute Gasteiger partial charge is 0.449 e. The number of nitrogens with zero attached hydrogens (tertiary/aromatic N) is 2. The molecule has 5 heteroatoms. The van der Waals surface area contributed by atoms with Crippen LogP contribution in [-0.2, 0) is 15.1 Å². The molecule has 0 saturated carbocycles. The SMILES string of the molecule is CC(=O)N1CCC(OC(=O)c2ccccc2)(c2nccc3ccccc23)CC1.